The van der Waals surface area contributed by atoms with Crippen LogP contribution in [0.4, 0.5) is 24.5 Å². The molecular formula is C20H28F3N4O2+. The molecule has 0 aromatic heterocycles. The van der Waals surface area contributed by atoms with Gasteiger partial charge in [0.05, 0.1) is 30.0 Å². The van der Waals surface area contributed by atoms with Crippen LogP contribution in [0.3, 0.4) is 0 Å². The molecule has 9 heteroatoms. The number of hydrogen-bond acceptors (Lipinski definition) is 3. The molecule has 2 fully saturated rings. The summed E-state index contributed by atoms with van der Waals surface area (Å²) in [4.78, 5) is 26.9. The predicted octanol–water partition coefficient (Wildman–Crippen LogP) is 1.41. The molecule has 6 nitrogen and oxygen atoms in total. The van der Waals surface area contributed by atoms with Crippen molar-refractivity contribution in [2.45, 2.75) is 38.3 Å². The lowest BCUT2D eigenvalue weighted by Gasteiger charge is -2.31. The summed E-state index contributed by atoms with van der Waals surface area (Å²) in [5.74, 6) is -0.797. The number of nitrogens with two attached hydrogens (primary N) is 1. The van der Waals surface area contributed by atoms with Gasteiger partial charge in [0.1, 0.15) is 0 Å². The van der Waals surface area contributed by atoms with Gasteiger partial charge in [0.2, 0.25) is 5.91 Å². The van der Waals surface area contributed by atoms with Gasteiger partial charge >= 0.3 is 6.18 Å². The van der Waals surface area contributed by atoms with E-state index in [2.05, 4.69) is 5.32 Å². The first-order valence-electron chi connectivity index (χ1n) is 10.1. The number of primary amides is 1. The maximum atomic E-state index is 13.2. The fourth-order valence-electron chi connectivity index (χ4n) is 4.13. The van der Waals surface area contributed by atoms with Gasteiger partial charge in [0, 0.05) is 31.8 Å². The van der Waals surface area contributed by atoms with Crippen molar-refractivity contribution in [1.82, 2.24) is 0 Å². The molecule has 0 bridgehead atoms. The Kier molecular flexibility index (Phi) is 6.66. The summed E-state index contributed by atoms with van der Waals surface area (Å²) >= 11 is 0. The van der Waals surface area contributed by atoms with Crippen LogP contribution in [0.25, 0.3) is 0 Å². The zero-order valence-electron chi connectivity index (χ0n) is 16.4. The first-order valence-corrected chi connectivity index (χ1v) is 10.1. The van der Waals surface area contributed by atoms with Gasteiger partial charge in [-0.3, -0.25) is 9.59 Å². The zero-order valence-corrected chi connectivity index (χ0v) is 16.4. The Morgan fingerprint density at radius 2 is 1.79 bits per heavy atom. The third kappa shape index (κ3) is 5.62. The number of piperidine rings is 2. The highest BCUT2D eigenvalue weighted by Crippen LogP contribution is 2.36. The third-order valence-electron chi connectivity index (χ3n) is 5.80. The van der Waals surface area contributed by atoms with Gasteiger partial charge in [-0.25, -0.2) is 0 Å². The maximum absolute atomic E-state index is 13.2. The number of rotatable bonds is 5. The monoisotopic (exact) mass is 413 g/mol. The number of amides is 2. The van der Waals surface area contributed by atoms with Gasteiger partial charge in [0.25, 0.3) is 5.91 Å². The quantitative estimate of drug-likeness (QED) is 0.683. The highest BCUT2D eigenvalue weighted by atomic mass is 19.4. The number of carbonyl (C=O) groups is 2. The van der Waals surface area contributed by atoms with Crippen molar-refractivity contribution < 1.29 is 27.7 Å². The van der Waals surface area contributed by atoms with Crippen LogP contribution >= 0.6 is 0 Å². The Labute approximate surface area is 168 Å². The van der Waals surface area contributed by atoms with Crippen LogP contribution in [0.2, 0.25) is 0 Å². The Morgan fingerprint density at radius 3 is 2.38 bits per heavy atom. The van der Waals surface area contributed by atoms with Gasteiger partial charge < -0.3 is 20.9 Å². The molecule has 2 saturated heterocycles. The number of anilines is 2. The highest BCUT2D eigenvalue weighted by molar-refractivity contribution is 5.95. The molecule has 2 aliphatic rings. The molecule has 3 rings (SSSR count). The van der Waals surface area contributed by atoms with Gasteiger partial charge in [-0.05, 0) is 37.5 Å². The summed E-state index contributed by atoms with van der Waals surface area (Å²) in [6.07, 6.45) is -0.160. The topological polar surface area (TPSA) is 79.9 Å². The van der Waals surface area contributed by atoms with E-state index in [0.29, 0.717) is 31.6 Å². The first kappa shape index (κ1) is 21.4. The number of halogens is 3. The van der Waals surface area contributed by atoms with Crippen molar-refractivity contribution >= 4 is 23.2 Å². The lowest BCUT2D eigenvalue weighted by Crippen LogP contribution is -3.14. The van der Waals surface area contributed by atoms with Gasteiger partial charge in [-0.2, -0.15) is 13.2 Å². The fourth-order valence-corrected chi connectivity index (χ4v) is 4.13. The Morgan fingerprint density at radius 1 is 1.14 bits per heavy atom. The van der Waals surface area contributed by atoms with E-state index in [0.717, 1.165) is 49.4 Å². The Hall–Kier alpha value is -2.29. The van der Waals surface area contributed by atoms with E-state index in [1.165, 1.54) is 6.07 Å². The molecule has 160 valence electrons. The number of quaternary nitrogens is 1. The van der Waals surface area contributed by atoms with Gasteiger partial charge in [-0.15, -0.1) is 0 Å². The Balaban J connectivity index is 1.70. The van der Waals surface area contributed by atoms with Crippen LogP contribution in [0.5, 0.6) is 0 Å². The van der Waals surface area contributed by atoms with E-state index < -0.39 is 11.7 Å². The molecule has 0 atom stereocenters. The average molecular weight is 413 g/mol. The molecule has 2 amide bonds. The van der Waals surface area contributed by atoms with Crippen molar-refractivity contribution in [2.75, 3.05) is 42.9 Å². The minimum atomic E-state index is -4.47. The van der Waals surface area contributed by atoms with Crippen molar-refractivity contribution in [1.29, 1.82) is 0 Å². The SMILES string of the molecule is NC(=O)C1CC[NH+](CC(=O)Nc2cc(C(F)(F)F)ccc2N2CCCCC2)CC1. The summed E-state index contributed by atoms with van der Waals surface area (Å²) in [7, 11) is 0. The second-order valence-electron chi connectivity index (χ2n) is 7.93. The van der Waals surface area contributed by atoms with Crippen LogP contribution in [0.15, 0.2) is 18.2 Å². The summed E-state index contributed by atoms with van der Waals surface area (Å²) in [5.41, 5.74) is 5.39. The van der Waals surface area contributed by atoms with Crippen LogP contribution in [-0.2, 0) is 15.8 Å². The lowest BCUT2D eigenvalue weighted by atomic mass is 9.96. The predicted molar refractivity (Wildman–Crippen MR) is 104 cm³/mol. The number of alkyl halides is 3. The first-order chi connectivity index (χ1) is 13.7. The standard InChI is InChI=1S/C20H27F3N4O2/c21-20(22,23)15-4-5-17(27-8-2-1-3-9-27)16(12-15)25-18(28)13-26-10-6-14(7-11-26)19(24)29/h4-5,12,14H,1-3,6-11,13H2,(H2,24,29)(H,25,28)/p+1. The number of carbonyl (C=O) groups excluding carboxylic acids is 2. The van der Waals surface area contributed by atoms with Crippen molar-refractivity contribution in [3.63, 3.8) is 0 Å². The average Bonchev–Trinajstić information content (AvgIpc) is 2.68. The molecule has 1 aromatic rings. The minimum absolute atomic E-state index is 0.154. The molecule has 0 radical (unpaired) electrons. The van der Waals surface area contributed by atoms with E-state index in [1.807, 2.05) is 4.90 Å². The Bertz CT molecular complexity index is 740. The lowest BCUT2D eigenvalue weighted by molar-refractivity contribution is -0.897. The summed E-state index contributed by atoms with van der Waals surface area (Å²) in [6, 6.07) is 3.55. The molecule has 0 spiro atoms. The van der Waals surface area contributed by atoms with Crippen molar-refractivity contribution in [3.8, 4) is 0 Å². The summed E-state index contributed by atoms with van der Waals surface area (Å²) in [6.45, 7) is 2.96. The highest BCUT2D eigenvalue weighted by Gasteiger charge is 2.32. The van der Waals surface area contributed by atoms with Crippen molar-refractivity contribution in [3.05, 3.63) is 23.8 Å². The van der Waals surface area contributed by atoms with Gasteiger partial charge in [-0.1, -0.05) is 0 Å². The fraction of sp³-hybridized carbons (Fsp3) is 0.600. The molecule has 1 aromatic carbocycles. The second-order valence-corrected chi connectivity index (χ2v) is 7.93. The number of likely N-dealkylation sites (tertiary alicyclic amines) is 1. The normalized spacial score (nSPS) is 22.9. The van der Waals surface area contributed by atoms with E-state index in [1.54, 1.807) is 0 Å². The van der Waals surface area contributed by atoms with E-state index >= 15 is 0 Å². The van der Waals surface area contributed by atoms with E-state index in [-0.39, 0.29) is 30.0 Å². The molecule has 0 aliphatic carbocycles. The number of nitrogens with zero attached hydrogens (tertiary/aromatic N) is 1. The van der Waals surface area contributed by atoms with Crippen LogP contribution in [0, 0.1) is 5.92 Å². The second kappa shape index (κ2) is 9.02. The largest absolute Gasteiger partial charge is 0.416 e. The number of benzene rings is 1. The number of nitrogens with one attached hydrogen (secondary N) is 2. The molecular weight excluding hydrogens is 385 g/mol. The molecule has 29 heavy (non-hydrogen) atoms. The number of hydrogen-bond donors (Lipinski definition) is 3. The molecule has 2 aliphatic heterocycles. The van der Waals surface area contributed by atoms with Crippen LogP contribution in [-0.4, -0.2) is 44.5 Å². The molecule has 0 unspecified atom stereocenters. The van der Waals surface area contributed by atoms with Crippen molar-refractivity contribution in [2.24, 2.45) is 11.7 Å². The molecule has 0 saturated carbocycles. The molecule has 2 heterocycles. The van der Waals surface area contributed by atoms with E-state index in [4.69, 9.17) is 5.73 Å². The third-order valence-corrected chi connectivity index (χ3v) is 5.80. The maximum Gasteiger partial charge on any atom is 0.416 e. The van der Waals surface area contributed by atoms with Gasteiger partial charge in [0.15, 0.2) is 6.54 Å². The van der Waals surface area contributed by atoms with Crippen LogP contribution in [0.1, 0.15) is 37.7 Å². The molecule has 4 N–H and O–H groups in total. The smallest absolute Gasteiger partial charge is 0.370 e. The summed E-state index contributed by atoms with van der Waals surface area (Å²) < 4.78 is 39.6. The summed E-state index contributed by atoms with van der Waals surface area (Å²) in [5, 5.41) is 2.71. The van der Waals surface area contributed by atoms with E-state index in [9.17, 15) is 22.8 Å². The minimum Gasteiger partial charge on any atom is -0.370 e. The van der Waals surface area contributed by atoms with Crippen LogP contribution < -0.4 is 20.9 Å². The zero-order chi connectivity index (χ0) is 21.0.